The quantitative estimate of drug-likeness (QED) is 0.895. The molecule has 1 aliphatic carbocycles. The van der Waals surface area contributed by atoms with Crippen LogP contribution in [0.3, 0.4) is 0 Å². The highest BCUT2D eigenvalue weighted by Gasteiger charge is 2.39. The van der Waals surface area contributed by atoms with Gasteiger partial charge in [0.2, 0.25) is 0 Å². The van der Waals surface area contributed by atoms with Gasteiger partial charge in [0, 0.05) is 24.0 Å². The van der Waals surface area contributed by atoms with Gasteiger partial charge in [0.1, 0.15) is 5.84 Å². The smallest absolute Gasteiger partial charge is 0.170 e. The number of nitrogens with one attached hydrogen (secondary N) is 1. The molecule has 4 nitrogen and oxygen atoms in total. The van der Waals surface area contributed by atoms with Crippen molar-refractivity contribution in [3.05, 3.63) is 41.9 Å². The van der Waals surface area contributed by atoms with Crippen molar-refractivity contribution >= 4 is 5.84 Å². The lowest BCUT2D eigenvalue weighted by atomic mass is 10.1. The number of hydrogen-bond acceptors (Lipinski definition) is 4. The number of aliphatic imine (C=N–C) groups is 1. The van der Waals surface area contributed by atoms with Crippen LogP contribution in [-0.2, 0) is 11.2 Å². The number of aryl methyl sites for hydroxylation is 1. The van der Waals surface area contributed by atoms with Gasteiger partial charge in [0.05, 0.1) is 6.61 Å². The molecule has 1 aliphatic heterocycles. The van der Waals surface area contributed by atoms with Crippen molar-refractivity contribution < 1.29 is 4.74 Å². The number of hydrogen-bond donors (Lipinski definition) is 1. The summed E-state index contributed by atoms with van der Waals surface area (Å²) in [4.78, 5) is 8.94. The molecule has 0 amide bonds. The maximum Gasteiger partial charge on any atom is 0.170 e. The van der Waals surface area contributed by atoms with Crippen molar-refractivity contribution in [2.75, 3.05) is 6.61 Å². The molecule has 0 bridgehead atoms. The summed E-state index contributed by atoms with van der Waals surface area (Å²) in [6.07, 6.45) is 7.92. The van der Waals surface area contributed by atoms with Crippen LogP contribution in [0.15, 0.2) is 35.6 Å². The van der Waals surface area contributed by atoms with Gasteiger partial charge in [0.15, 0.2) is 6.23 Å². The predicted molar refractivity (Wildman–Crippen MR) is 79.6 cm³/mol. The van der Waals surface area contributed by atoms with E-state index in [4.69, 9.17) is 4.74 Å². The van der Waals surface area contributed by atoms with E-state index in [9.17, 15) is 0 Å². The van der Waals surface area contributed by atoms with Crippen LogP contribution >= 0.6 is 0 Å². The highest BCUT2D eigenvalue weighted by Crippen LogP contribution is 2.46. The second kappa shape index (κ2) is 5.75. The van der Waals surface area contributed by atoms with Gasteiger partial charge in [-0.3, -0.25) is 4.98 Å². The number of pyridine rings is 1. The molecular formula is C16H21N3O. The molecule has 2 aliphatic rings. The fourth-order valence-electron chi connectivity index (χ4n) is 2.50. The summed E-state index contributed by atoms with van der Waals surface area (Å²) in [5, 5.41) is 3.04. The van der Waals surface area contributed by atoms with Crippen molar-refractivity contribution in [3.63, 3.8) is 0 Å². The summed E-state index contributed by atoms with van der Waals surface area (Å²) in [5.74, 6) is 2.06. The summed E-state index contributed by atoms with van der Waals surface area (Å²) in [7, 11) is 0. The average molecular weight is 271 g/mol. The third kappa shape index (κ3) is 3.07. The van der Waals surface area contributed by atoms with E-state index in [0.29, 0.717) is 11.8 Å². The number of amidine groups is 1. The normalized spacial score (nSPS) is 27.9. The van der Waals surface area contributed by atoms with Crippen LogP contribution in [-0.4, -0.2) is 23.7 Å². The molecule has 0 radical (unpaired) electrons. The molecule has 106 valence electrons. The molecule has 1 aromatic rings. The molecule has 1 fully saturated rings. The average Bonchev–Trinajstić information content (AvgIpc) is 3.25. The molecular weight excluding hydrogens is 250 g/mol. The maximum absolute atomic E-state index is 5.83. The molecule has 1 aromatic heterocycles. The summed E-state index contributed by atoms with van der Waals surface area (Å²) < 4.78 is 5.83. The Morgan fingerprint density at radius 3 is 3.00 bits per heavy atom. The van der Waals surface area contributed by atoms with E-state index < -0.39 is 0 Å². The lowest BCUT2D eigenvalue weighted by Gasteiger charge is -2.15. The van der Waals surface area contributed by atoms with Gasteiger partial charge in [-0.15, -0.1) is 0 Å². The molecule has 1 N–H and O–H groups in total. The van der Waals surface area contributed by atoms with Crippen LogP contribution in [0.1, 0.15) is 37.4 Å². The first kappa shape index (κ1) is 13.3. The van der Waals surface area contributed by atoms with Crippen LogP contribution in [0.25, 0.3) is 0 Å². The Morgan fingerprint density at radius 1 is 1.40 bits per heavy atom. The zero-order chi connectivity index (χ0) is 13.9. The van der Waals surface area contributed by atoms with Crippen molar-refractivity contribution in [3.8, 4) is 0 Å². The van der Waals surface area contributed by atoms with E-state index in [1.54, 1.807) is 0 Å². The van der Waals surface area contributed by atoms with Crippen LogP contribution < -0.4 is 5.32 Å². The molecule has 2 heterocycles. The Labute approximate surface area is 120 Å². The van der Waals surface area contributed by atoms with Crippen LogP contribution in [0.2, 0.25) is 0 Å². The molecule has 1 saturated carbocycles. The van der Waals surface area contributed by atoms with Gasteiger partial charge >= 0.3 is 0 Å². The zero-order valence-corrected chi connectivity index (χ0v) is 12.0. The second-order valence-corrected chi connectivity index (χ2v) is 5.49. The van der Waals surface area contributed by atoms with Crippen LogP contribution in [0.5, 0.6) is 0 Å². The monoisotopic (exact) mass is 271 g/mol. The van der Waals surface area contributed by atoms with Crippen molar-refractivity contribution in [1.82, 2.24) is 10.3 Å². The summed E-state index contributed by atoms with van der Waals surface area (Å²) >= 11 is 0. The molecule has 0 aromatic carbocycles. The third-order valence-electron chi connectivity index (χ3n) is 3.91. The fraction of sp³-hybridized carbons (Fsp3) is 0.500. The standard InChI is InChI=1S/C16H21N3O/c1-3-12-4-5-15(18-9-12)14-8-13(14)10-20-16-6-7-17-11(2)19-16/h4-7,9,13-14,16H,3,8,10H2,1-2H3,(H,17,19). The highest BCUT2D eigenvalue weighted by molar-refractivity contribution is 5.81. The number of rotatable bonds is 5. The third-order valence-corrected chi connectivity index (χ3v) is 3.91. The second-order valence-electron chi connectivity index (χ2n) is 5.49. The van der Waals surface area contributed by atoms with Gasteiger partial charge in [-0.05, 0) is 43.4 Å². The minimum atomic E-state index is -0.132. The van der Waals surface area contributed by atoms with Crippen molar-refractivity contribution in [2.45, 2.75) is 38.8 Å². The predicted octanol–water partition coefficient (Wildman–Crippen LogP) is 2.63. The Kier molecular flexibility index (Phi) is 3.83. The minimum absolute atomic E-state index is 0.132. The Bertz CT molecular complexity index is 521. The Morgan fingerprint density at radius 2 is 2.30 bits per heavy atom. The van der Waals surface area contributed by atoms with Gasteiger partial charge in [-0.1, -0.05) is 13.0 Å². The van der Waals surface area contributed by atoms with E-state index in [1.807, 2.05) is 25.4 Å². The largest absolute Gasteiger partial charge is 0.352 e. The molecule has 20 heavy (non-hydrogen) atoms. The van der Waals surface area contributed by atoms with Crippen LogP contribution in [0, 0.1) is 5.92 Å². The number of nitrogens with zero attached hydrogens (tertiary/aromatic N) is 2. The summed E-state index contributed by atoms with van der Waals surface area (Å²) in [6.45, 7) is 4.85. The summed E-state index contributed by atoms with van der Waals surface area (Å²) in [6, 6.07) is 4.35. The van der Waals surface area contributed by atoms with Gasteiger partial charge in [0.25, 0.3) is 0 Å². The van der Waals surface area contributed by atoms with Gasteiger partial charge in [-0.2, -0.15) is 0 Å². The first-order chi connectivity index (χ1) is 9.76. The highest BCUT2D eigenvalue weighted by atomic mass is 16.5. The van der Waals surface area contributed by atoms with E-state index in [-0.39, 0.29) is 6.23 Å². The molecule has 3 rings (SSSR count). The zero-order valence-electron chi connectivity index (χ0n) is 12.0. The van der Waals surface area contributed by atoms with Crippen molar-refractivity contribution in [1.29, 1.82) is 0 Å². The van der Waals surface area contributed by atoms with Gasteiger partial charge in [-0.25, -0.2) is 4.99 Å². The van der Waals surface area contributed by atoms with E-state index in [0.717, 1.165) is 18.9 Å². The molecule has 3 atom stereocenters. The Balaban J connectivity index is 1.49. The van der Waals surface area contributed by atoms with E-state index in [1.165, 1.54) is 17.7 Å². The maximum atomic E-state index is 5.83. The lowest BCUT2D eigenvalue weighted by Crippen LogP contribution is -2.23. The topological polar surface area (TPSA) is 46.5 Å². The van der Waals surface area contributed by atoms with Gasteiger partial charge < -0.3 is 10.1 Å². The number of aromatic nitrogens is 1. The van der Waals surface area contributed by atoms with Crippen LogP contribution in [0.4, 0.5) is 0 Å². The Hall–Kier alpha value is -1.68. The molecule has 0 spiro atoms. The molecule has 4 heteroatoms. The fourth-order valence-corrected chi connectivity index (χ4v) is 2.50. The first-order valence-electron chi connectivity index (χ1n) is 7.30. The van der Waals surface area contributed by atoms with E-state index in [2.05, 4.69) is 34.3 Å². The minimum Gasteiger partial charge on any atom is -0.352 e. The summed E-state index contributed by atoms with van der Waals surface area (Å²) in [5.41, 5.74) is 2.50. The van der Waals surface area contributed by atoms with E-state index >= 15 is 0 Å². The SMILES string of the molecule is CCc1ccc(C2CC2COC2C=CNC(C)=N2)nc1. The number of ether oxygens (including phenoxy) is 1. The molecule has 3 unspecified atom stereocenters. The van der Waals surface area contributed by atoms with Crippen molar-refractivity contribution in [2.24, 2.45) is 10.9 Å². The molecule has 0 saturated heterocycles. The lowest BCUT2D eigenvalue weighted by molar-refractivity contribution is 0.0803. The first-order valence-corrected chi connectivity index (χ1v) is 7.30.